The van der Waals surface area contributed by atoms with Crippen LogP contribution in [0, 0.1) is 5.82 Å². The number of benzene rings is 1. The van der Waals surface area contributed by atoms with E-state index >= 15 is 0 Å². The molecule has 2 aromatic rings. The lowest BCUT2D eigenvalue weighted by Gasteiger charge is -2.35. The lowest BCUT2D eigenvalue weighted by molar-refractivity contribution is 0.122. The molecule has 36 heavy (non-hydrogen) atoms. The minimum absolute atomic E-state index is 0.0374. The van der Waals surface area contributed by atoms with Gasteiger partial charge in [0.05, 0.1) is 13.2 Å². The Morgan fingerprint density at radius 2 is 1.78 bits per heavy atom. The molecule has 3 fully saturated rings. The number of hydrogen-bond donors (Lipinski definition) is 2. The fraction of sp³-hybridized carbons (Fsp3) is 0.593. The van der Waals surface area contributed by atoms with Crippen LogP contribution >= 0.6 is 12.2 Å². The van der Waals surface area contributed by atoms with E-state index in [2.05, 4.69) is 33.4 Å². The van der Waals surface area contributed by atoms with Crippen molar-refractivity contribution in [2.24, 2.45) is 0 Å². The molecule has 0 bridgehead atoms. The van der Waals surface area contributed by atoms with Crippen LogP contribution in [-0.2, 0) is 10.2 Å². The summed E-state index contributed by atoms with van der Waals surface area (Å²) in [5, 5.41) is 7.22. The van der Waals surface area contributed by atoms with E-state index in [-0.39, 0.29) is 11.2 Å². The quantitative estimate of drug-likeness (QED) is 0.544. The highest BCUT2D eigenvalue weighted by Gasteiger charge is 2.35. The Morgan fingerprint density at radius 3 is 2.50 bits per heavy atom. The molecule has 0 radical (unpaired) electrons. The average Bonchev–Trinajstić information content (AvgIpc) is 3.39. The van der Waals surface area contributed by atoms with E-state index in [1.807, 2.05) is 12.1 Å². The van der Waals surface area contributed by atoms with Gasteiger partial charge in [0.2, 0.25) is 5.95 Å². The number of nitrogens with one attached hydrogen (secondary N) is 2. The molecule has 7 nitrogen and oxygen atoms in total. The molecular formula is C27H37FN6OS. The highest BCUT2D eigenvalue weighted by molar-refractivity contribution is 7.80. The van der Waals surface area contributed by atoms with Crippen LogP contribution < -0.4 is 20.4 Å². The predicted molar refractivity (Wildman–Crippen MR) is 146 cm³/mol. The van der Waals surface area contributed by atoms with Crippen LogP contribution in [0.15, 0.2) is 30.3 Å². The van der Waals surface area contributed by atoms with Crippen molar-refractivity contribution < 1.29 is 9.13 Å². The summed E-state index contributed by atoms with van der Waals surface area (Å²) < 4.78 is 19.1. The number of piperidine rings is 1. The molecule has 3 aliphatic rings. The molecule has 194 valence electrons. The van der Waals surface area contributed by atoms with Crippen molar-refractivity contribution in [2.45, 2.75) is 63.3 Å². The minimum atomic E-state index is -0.201. The molecule has 0 unspecified atom stereocenters. The van der Waals surface area contributed by atoms with Crippen molar-refractivity contribution in [3.05, 3.63) is 41.7 Å². The number of aromatic nitrogens is 2. The fourth-order valence-electron chi connectivity index (χ4n) is 5.84. The van der Waals surface area contributed by atoms with Gasteiger partial charge in [0.15, 0.2) is 5.11 Å². The lowest BCUT2D eigenvalue weighted by atomic mass is 9.79. The number of rotatable bonds is 6. The van der Waals surface area contributed by atoms with E-state index in [1.54, 1.807) is 12.1 Å². The van der Waals surface area contributed by atoms with Crippen LogP contribution in [0.2, 0.25) is 0 Å². The molecule has 1 aliphatic carbocycles. The zero-order valence-electron chi connectivity index (χ0n) is 21.1. The molecule has 1 aromatic carbocycles. The van der Waals surface area contributed by atoms with E-state index in [0.717, 1.165) is 44.1 Å². The van der Waals surface area contributed by atoms with Gasteiger partial charge in [-0.2, -0.15) is 9.97 Å². The number of nitrogens with zero attached hydrogens (tertiary/aromatic N) is 4. The van der Waals surface area contributed by atoms with Crippen molar-refractivity contribution in [3.63, 3.8) is 0 Å². The van der Waals surface area contributed by atoms with Gasteiger partial charge in [-0.05, 0) is 68.9 Å². The smallest absolute Gasteiger partial charge is 0.232 e. The van der Waals surface area contributed by atoms with Gasteiger partial charge in [0.25, 0.3) is 0 Å². The van der Waals surface area contributed by atoms with Crippen LogP contribution in [0.3, 0.4) is 0 Å². The highest BCUT2D eigenvalue weighted by atomic mass is 32.1. The number of anilines is 3. The third-order valence-corrected chi connectivity index (χ3v) is 8.21. The van der Waals surface area contributed by atoms with Crippen LogP contribution in [0.1, 0.15) is 57.4 Å². The van der Waals surface area contributed by atoms with Gasteiger partial charge in [0, 0.05) is 43.7 Å². The molecule has 3 heterocycles. The molecule has 1 atom stereocenters. The Hall–Kier alpha value is -2.52. The maximum absolute atomic E-state index is 13.5. The summed E-state index contributed by atoms with van der Waals surface area (Å²) >= 11 is 5.70. The summed E-state index contributed by atoms with van der Waals surface area (Å²) in [6, 6.07) is 9.50. The standard InChI is InChI=1S/C27H37FN6OS/c1-20-6-2-5-13-34(20)24-18-23(33-14-16-35-17-15-33)30-25(31-24)32-26(36)29-19-27(11-3-4-12-27)21-7-9-22(28)10-8-21/h7-10,18,20H,2-6,11-17,19H2,1H3,(H2,29,30,31,32,36)/t20-/m0/s1. The number of halogens is 1. The summed E-state index contributed by atoms with van der Waals surface area (Å²) in [4.78, 5) is 14.4. The number of thiocarbonyl (C=S) groups is 1. The van der Waals surface area contributed by atoms with Crippen molar-refractivity contribution >= 4 is 34.9 Å². The summed E-state index contributed by atoms with van der Waals surface area (Å²) in [6.07, 6.45) is 8.07. The first-order valence-electron chi connectivity index (χ1n) is 13.3. The summed E-state index contributed by atoms with van der Waals surface area (Å²) in [5.41, 5.74) is 1.13. The Kier molecular flexibility index (Phi) is 7.86. The van der Waals surface area contributed by atoms with Gasteiger partial charge in [0.1, 0.15) is 17.5 Å². The van der Waals surface area contributed by atoms with E-state index in [9.17, 15) is 4.39 Å². The van der Waals surface area contributed by atoms with Crippen LogP contribution in [0.5, 0.6) is 0 Å². The zero-order chi connectivity index (χ0) is 25.0. The maximum Gasteiger partial charge on any atom is 0.232 e. The van der Waals surface area contributed by atoms with Crippen LogP contribution in [-0.4, -0.2) is 60.5 Å². The first-order valence-corrected chi connectivity index (χ1v) is 13.7. The van der Waals surface area contributed by atoms with Gasteiger partial charge in [-0.25, -0.2) is 4.39 Å². The summed E-state index contributed by atoms with van der Waals surface area (Å²) in [5.74, 6) is 2.17. The largest absolute Gasteiger partial charge is 0.378 e. The van der Waals surface area contributed by atoms with Gasteiger partial charge < -0.3 is 25.2 Å². The van der Waals surface area contributed by atoms with Crippen LogP contribution in [0.25, 0.3) is 0 Å². The van der Waals surface area contributed by atoms with E-state index in [0.29, 0.717) is 36.9 Å². The van der Waals surface area contributed by atoms with Crippen LogP contribution in [0.4, 0.5) is 22.0 Å². The molecule has 9 heteroatoms. The Morgan fingerprint density at radius 1 is 1.06 bits per heavy atom. The zero-order valence-corrected chi connectivity index (χ0v) is 22.0. The Balaban J connectivity index is 1.32. The number of morpholine rings is 1. The van der Waals surface area contributed by atoms with Gasteiger partial charge in [-0.1, -0.05) is 25.0 Å². The molecule has 1 saturated carbocycles. The molecule has 2 aliphatic heterocycles. The third kappa shape index (κ3) is 5.72. The fourth-order valence-corrected chi connectivity index (χ4v) is 6.00. The SMILES string of the molecule is C[C@H]1CCCCN1c1cc(N2CCOCC2)nc(NC(=S)NCC2(c3ccc(F)cc3)CCCC2)n1. The van der Waals surface area contributed by atoms with Crippen molar-refractivity contribution in [2.75, 3.05) is 54.5 Å². The van der Waals surface area contributed by atoms with E-state index in [4.69, 9.17) is 26.9 Å². The van der Waals surface area contributed by atoms with Gasteiger partial charge >= 0.3 is 0 Å². The molecule has 0 spiro atoms. The predicted octanol–water partition coefficient (Wildman–Crippen LogP) is 4.63. The van der Waals surface area contributed by atoms with E-state index in [1.165, 1.54) is 37.7 Å². The van der Waals surface area contributed by atoms with E-state index < -0.39 is 0 Å². The summed E-state index contributed by atoms with van der Waals surface area (Å²) in [7, 11) is 0. The minimum Gasteiger partial charge on any atom is -0.378 e. The third-order valence-electron chi connectivity index (χ3n) is 7.96. The maximum atomic E-state index is 13.5. The molecule has 5 rings (SSSR count). The topological polar surface area (TPSA) is 65.6 Å². The molecular weight excluding hydrogens is 475 g/mol. The molecule has 0 amide bonds. The lowest BCUT2D eigenvalue weighted by Crippen LogP contribution is -2.42. The van der Waals surface area contributed by atoms with Gasteiger partial charge in [-0.15, -0.1) is 0 Å². The Bertz CT molecular complexity index is 1040. The second kappa shape index (κ2) is 11.3. The first-order chi connectivity index (χ1) is 17.5. The van der Waals surface area contributed by atoms with Crippen molar-refractivity contribution in [3.8, 4) is 0 Å². The summed E-state index contributed by atoms with van der Waals surface area (Å²) in [6.45, 7) is 7.00. The molecule has 2 saturated heterocycles. The Labute approximate surface area is 218 Å². The monoisotopic (exact) mass is 512 g/mol. The number of hydrogen-bond acceptors (Lipinski definition) is 6. The second-order valence-corrected chi connectivity index (χ2v) is 10.8. The van der Waals surface area contributed by atoms with Gasteiger partial charge in [-0.3, -0.25) is 0 Å². The average molecular weight is 513 g/mol. The normalized spacial score (nSPS) is 21.9. The first kappa shape index (κ1) is 25.1. The number of ether oxygens (including phenoxy) is 1. The molecule has 2 N–H and O–H groups in total. The molecule has 1 aromatic heterocycles. The highest BCUT2D eigenvalue weighted by Crippen LogP contribution is 2.40. The van der Waals surface area contributed by atoms with Crippen molar-refractivity contribution in [1.29, 1.82) is 0 Å². The second-order valence-electron chi connectivity index (χ2n) is 10.3. The van der Waals surface area contributed by atoms with Crippen molar-refractivity contribution in [1.82, 2.24) is 15.3 Å².